The minimum atomic E-state index is -0.496. The Balaban J connectivity index is 1.65. The van der Waals surface area contributed by atoms with Gasteiger partial charge in [0.05, 0.1) is 32.0 Å². The first-order valence-electron chi connectivity index (χ1n) is 7.60. The number of aromatic nitrogens is 1. The number of ether oxygens (including phenoxy) is 1. The molecular weight excluding hydrogens is 327 g/mol. The molecule has 0 fully saturated rings. The van der Waals surface area contributed by atoms with Gasteiger partial charge in [-0.25, -0.2) is 9.18 Å². The number of carbonyl (C=O) groups excluding carboxylic acids is 2. The van der Waals surface area contributed by atoms with Crippen LogP contribution in [0.1, 0.15) is 32.0 Å². The Morgan fingerprint density at radius 3 is 3.00 bits per heavy atom. The molecule has 0 spiro atoms. The van der Waals surface area contributed by atoms with Gasteiger partial charge in [0.1, 0.15) is 22.7 Å². The number of esters is 1. The Bertz CT molecular complexity index is 1010. The van der Waals surface area contributed by atoms with Gasteiger partial charge in [0, 0.05) is 17.1 Å². The van der Waals surface area contributed by atoms with E-state index < -0.39 is 11.8 Å². The van der Waals surface area contributed by atoms with E-state index in [1.165, 1.54) is 18.2 Å². The number of furan rings is 1. The molecule has 6 nitrogen and oxygen atoms in total. The van der Waals surface area contributed by atoms with Crippen LogP contribution in [-0.4, -0.2) is 28.9 Å². The van der Waals surface area contributed by atoms with Gasteiger partial charge >= 0.3 is 5.97 Å². The molecule has 1 amide bonds. The van der Waals surface area contributed by atoms with Crippen LogP contribution in [0.15, 0.2) is 41.1 Å². The first kappa shape index (κ1) is 15.3. The number of pyridine rings is 1. The zero-order valence-corrected chi connectivity index (χ0v) is 13.3. The lowest BCUT2D eigenvalue weighted by atomic mass is 10.1. The molecule has 3 aromatic rings. The highest BCUT2D eigenvalue weighted by molar-refractivity contribution is 6.02. The molecule has 3 heterocycles. The minimum Gasteiger partial charge on any atom is -0.465 e. The Morgan fingerprint density at radius 1 is 1.40 bits per heavy atom. The number of nitrogens with zero attached hydrogens (tertiary/aromatic N) is 2. The quantitative estimate of drug-likeness (QED) is 0.686. The van der Waals surface area contributed by atoms with E-state index in [0.29, 0.717) is 22.5 Å². The minimum absolute atomic E-state index is 0.156. The topological polar surface area (TPSA) is 72.6 Å². The van der Waals surface area contributed by atoms with Crippen LogP contribution in [0.5, 0.6) is 0 Å². The molecule has 25 heavy (non-hydrogen) atoms. The fraction of sp³-hybridized carbons (Fsp3) is 0.167. The average molecular weight is 340 g/mol. The number of fused-ring (bicyclic) bond motifs is 2. The monoisotopic (exact) mass is 340 g/mol. The molecule has 0 radical (unpaired) electrons. The standard InChI is InChI=1S/C18H13FN2O4/c1-24-18(23)12-4-2-3-10-5-11(25-16(10)12)8-21-9-14-13(17(21)22)6-20-7-15(14)19/h2-7H,8-9H2,1H3. The molecule has 0 atom stereocenters. The largest absolute Gasteiger partial charge is 0.465 e. The summed E-state index contributed by atoms with van der Waals surface area (Å²) in [6.45, 7) is 0.325. The molecule has 126 valence electrons. The van der Waals surface area contributed by atoms with Crippen molar-refractivity contribution in [3.63, 3.8) is 0 Å². The number of para-hydroxylation sites is 1. The molecule has 2 aromatic heterocycles. The summed E-state index contributed by atoms with van der Waals surface area (Å²) in [6, 6.07) is 6.90. The molecule has 0 unspecified atom stereocenters. The molecule has 4 rings (SSSR count). The smallest absolute Gasteiger partial charge is 0.341 e. The van der Waals surface area contributed by atoms with Crippen LogP contribution < -0.4 is 0 Å². The molecule has 0 bridgehead atoms. The van der Waals surface area contributed by atoms with Crippen molar-refractivity contribution < 1.29 is 23.1 Å². The second-order valence-corrected chi connectivity index (χ2v) is 5.74. The molecule has 0 aliphatic carbocycles. The summed E-state index contributed by atoms with van der Waals surface area (Å²) >= 11 is 0. The van der Waals surface area contributed by atoms with E-state index in [1.807, 2.05) is 0 Å². The fourth-order valence-electron chi connectivity index (χ4n) is 3.02. The molecule has 0 saturated heterocycles. The van der Waals surface area contributed by atoms with Crippen LogP contribution in [0.25, 0.3) is 11.0 Å². The van der Waals surface area contributed by atoms with Gasteiger partial charge in [0.25, 0.3) is 5.91 Å². The molecule has 0 N–H and O–H groups in total. The van der Waals surface area contributed by atoms with E-state index >= 15 is 0 Å². The van der Waals surface area contributed by atoms with E-state index in [4.69, 9.17) is 9.15 Å². The SMILES string of the molecule is COC(=O)c1cccc2cc(CN3Cc4c(F)cncc4C3=O)oc12. The van der Waals surface area contributed by atoms with E-state index in [2.05, 4.69) is 4.98 Å². The summed E-state index contributed by atoms with van der Waals surface area (Å²) in [5, 5.41) is 0.731. The lowest BCUT2D eigenvalue weighted by Gasteiger charge is -2.13. The van der Waals surface area contributed by atoms with Crippen molar-refractivity contribution in [1.29, 1.82) is 0 Å². The van der Waals surface area contributed by atoms with E-state index in [1.54, 1.807) is 24.3 Å². The maximum absolute atomic E-state index is 13.8. The molecule has 7 heteroatoms. The van der Waals surface area contributed by atoms with Crippen molar-refractivity contribution in [3.8, 4) is 0 Å². The van der Waals surface area contributed by atoms with Crippen molar-refractivity contribution in [2.75, 3.05) is 7.11 Å². The van der Waals surface area contributed by atoms with Crippen LogP contribution in [0.2, 0.25) is 0 Å². The number of methoxy groups -OCH3 is 1. The van der Waals surface area contributed by atoms with E-state index in [9.17, 15) is 14.0 Å². The first-order valence-corrected chi connectivity index (χ1v) is 7.60. The molecule has 0 saturated carbocycles. The van der Waals surface area contributed by atoms with Crippen LogP contribution >= 0.6 is 0 Å². The highest BCUT2D eigenvalue weighted by atomic mass is 19.1. The maximum atomic E-state index is 13.8. The maximum Gasteiger partial charge on any atom is 0.341 e. The highest BCUT2D eigenvalue weighted by Crippen LogP contribution is 2.29. The second kappa shape index (κ2) is 5.70. The van der Waals surface area contributed by atoms with Crippen molar-refractivity contribution in [3.05, 3.63) is 64.9 Å². The van der Waals surface area contributed by atoms with E-state index in [0.717, 1.165) is 11.6 Å². The van der Waals surface area contributed by atoms with Gasteiger partial charge in [-0.1, -0.05) is 12.1 Å². The lowest BCUT2D eigenvalue weighted by molar-refractivity contribution is 0.0600. The average Bonchev–Trinajstić information content (AvgIpc) is 3.17. The number of hydrogen-bond donors (Lipinski definition) is 0. The lowest BCUT2D eigenvalue weighted by Crippen LogP contribution is -2.22. The van der Waals surface area contributed by atoms with Gasteiger partial charge in [-0.05, 0) is 12.1 Å². The van der Waals surface area contributed by atoms with Gasteiger partial charge in [0.15, 0.2) is 0 Å². The first-order chi connectivity index (χ1) is 12.1. The fourth-order valence-corrected chi connectivity index (χ4v) is 3.02. The number of hydrogen-bond acceptors (Lipinski definition) is 5. The third-order valence-electron chi connectivity index (χ3n) is 4.22. The number of carbonyl (C=O) groups is 2. The number of amides is 1. The van der Waals surface area contributed by atoms with E-state index in [-0.39, 0.29) is 24.6 Å². The highest BCUT2D eigenvalue weighted by Gasteiger charge is 2.31. The molecule has 1 aliphatic heterocycles. The molecule has 1 aromatic carbocycles. The van der Waals surface area contributed by atoms with Gasteiger partial charge < -0.3 is 14.1 Å². The summed E-state index contributed by atoms with van der Waals surface area (Å²) in [5.74, 6) is -0.785. The predicted molar refractivity (Wildman–Crippen MR) is 85.3 cm³/mol. The predicted octanol–water partition coefficient (Wildman–Crippen LogP) is 2.91. The van der Waals surface area contributed by atoms with Crippen LogP contribution in [0.4, 0.5) is 4.39 Å². The Hall–Kier alpha value is -3.22. The Morgan fingerprint density at radius 2 is 2.24 bits per heavy atom. The zero-order valence-electron chi connectivity index (χ0n) is 13.3. The van der Waals surface area contributed by atoms with Crippen LogP contribution in [0.3, 0.4) is 0 Å². The van der Waals surface area contributed by atoms with Gasteiger partial charge in [-0.2, -0.15) is 0 Å². The normalized spacial score (nSPS) is 13.4. The van der Waals surface area contributed by atoms with Crippen LogP contribution in [-0.2, 0) is 17.8 Å². The number of rotatable bonds is 3. The van der Waals surface area contributed by atoms with Crippen molar-refractivity contribution >= 4 is 22.8 Å². The summed E-state index contributed by atoms with van der Waals surface area (Å²) in [4.78, 5) is 29.4. The third-order valence-corrected chi connectivity index (χ3v) is 4.22. The second-order valence-electron chi connectivity index (χ2n) is 5.74. The van der Waals surface area contributed by atoms with Crippen molar-refractivity contribution in [1.82, 2.24) is 9.88 Å². The summed E-state index contributed by atoms with van der Waals surface area (Å²) < 4.78 is 24.3. The van der Waals surface area contributed by atoms with Crippen molar-refractivity contribution in [2.45, 2.75) is 13.1 Å². The summed E-state index contributed by atoms with van der Waals surface area (Å²) in [5.41, 5.74) is 1.33. The zero-order chi connectivity index (χ0) is 17.6. The van der Waals surface area contributed by atoms with Crippen LogP contribution in [0, 0.1) is 5.82 Å². The Kier molecular flexibility index (Phi) is 3.49. The third kappa shape index (κ3) is 2.44. The number of halogens is 1. The van der Waals surface area contributed by atoms with Gasteiger partial charge in [0.2, 0.25) is 0 Å². The number of benzene rings is 1. The summed E-state index contributed by atoms with van der Waals surface area (Å²) in [6.07, 6.45) is 2.47. The van der Waals surface area contributed by atoms with Gasteiger partial charge in [-0.3, -0.25) is 9.78 Å². The molecular formula is C18H13FN2O4. The Labute approximate surface area is 141 Å². The van der Waals surface area contributed by atoms with Crippen molar-refractivity contribution in [2.24, 2.45) is 0 Å². The van der Waals surface area contributed by atoms with Gasteiger partial charge in [-0.15, -0.1) is 0 Å². The summed E-state index contributed by atoms with van der Waals surface area (Å²) in [7, 11) is 1.30. The molecule has 1 aliphatic rings.